The van der Waals surface area contributed by atoms with Crippen molar-refractivity contribution in [2.24, 2.45) is 0 Å². The zero-order valence-corrected chi connectivity index (χ0v) is 15.3. The molecule has 0 bridgehead atoms. The second-order valence-electron chi connectivity index (χ2n) is 6.79. The number of fused-ring (bicyclic) bond motifs is 6. The average molecular weight is 417 g/mol. The predicted molar refractivity (Wildman–Crippen MR) is 97.5 cm³/mol. The molecule has 0 atom stereocenters. The largest absolute Gasteiger partial charge is 0.505 e. The van der Waals surface area contributed by atoms with Gasteiger partial charge in [0.15, 0.2) is 28.7 Å². The minimum atomic E-state index is -1.72. The molecule has 0 fully saturated rings. The summed E-state index contributed by atoms with van der Waals surface area (Å²) >= 11 is 5.87. The molecule has 2 heterocycles. The number of hydrogen-bond acceptors (Lipinski definition) is 5. The molecule has 3 aromatic carbocycles. The van der Waals surface area contributed by atoms with E-state index in [0.717, 1.165) is 24.3 Å². The quantitative estimate of drug-likeness (QED) is 0.445. The smallest absolute Gasteiger partial charge is 0.340 e. The van der Waals surface area contributed by atoms with Gasteiger partial charge in [0.25, 0.3) is 0 Å². The summed E-state index contributed by atoms with van der Waals surface area (Å²) in [5.74, 6) is -3.80. The first-order valence-electron chi connectivity index (χ1n) is 8.51. The molecule has 1 spiro atoms. The number of aromatic hydroxyl groups is 2. The Morgan fingerprint density at radius 3 is 2.03 bits per heavy atom. The molecule has 0 aromatic heterocycles. The summed E-state index contributed by atoms with van der Waals surface area (Å²) in [6.07, 6.45) is 0. The Morgan fingerprint density at radius 2 is 1.48 bits per heavy atom. The van der Waals surface area contributed by atoms with Crippen molar-refractivity contribution in [3.63, 3.8) is 0 Å². The number of rotatable bonds is 1. The van der Waals surface area contributed by atoms with Crippen molar-refractivity contribution in [3.05, 3.63) is 81.9 Å². The highest BCUT2D eigenvalue weighted by molar-refractivity contribution is 6.17. The molecule has 146 valence electrons. The fourth-order valence-electron chi connectivity index (χ4n) is 3.87. The Balaban J connectivity index is 1.90. The van der Waals surface area contributed by atoms with Crippen molar-refractivity contribution in [2.75, 3.05) is 0 Å². The van der Waals surface area contributed by atoms with Crippen LogP contribution in [0, 0.1) is 11.6 Å². The van der Waals surface area contributed by atoms with Gasteiger partial charge in [0.2, 0.25) is 0 Å². The van der Waals surface area contributed by atoms with Gasteiger partial charge in [0, 0.05) is 23.6 Å². The molecule has 0 amide bonds. The zero-order valence-electron chi connectivity index (χ0n) is 14.5. The number of phenolic OH excluding ortho intramolecular Hbond substituents is 2. The van der Waals surface area contributed by atoms with E-state index in [9.17, 15) is 23.8 Å². The van der Waals surface area contributed by atoms with Crippen molar-refractivity contribution < 1.29 is 33.3 Å². The molecule has 5 nitrogen and oxygen atoms in total. The second kappa shape index (κ2) is 5.84. The minimum absolute atomic E-state index is 0.00415. The van der Waals surface area contributed by atoms with E-state index in [-0.39, 0.29) is 34.1 Å². The van der Waals surface area contributed by atoms with E-state index in [2.05, 4.69) is 0 Å². The summed E-state index contributed by atoms with van der Waals surface area (Å²) in [5, 5.41) is 19.6. The third-order valence-corrected chi connectivity index (χ3v) is 5.47. The summed E-state index contributed by atoms with van der Waals surface area (Å²) in [6.45, 7) is 0. The van der Waals surface area contributed by atoms with Crippen molar-refractivity contribution in [1.82, 2.24) is 0 Å². The Labute approximate surface area is 167 Å². The summed E-state index contributed by atoms with van der Waals surface area (Å²) in [6, 6.07) is 8.88. The Hall–Kier alpha value is -3.32. The fraction of sp³-hybridized carbons (Fsp3) is 0.0952. The van der Waals surface area contributed by atoms with E-state index >= 15 is 0 Å². The van der Waals surface area contributed by atoms with Crippen molar-refractivity contribution in [3.8, 4) is 23.0 Å². The van der Waals surface area contributed by atoms with Crippen LogP contribution >= 0.6 is 11.6 Å². The number of benzene rings is 3. The fourth-order valence-corrected chi connectivity index (χ4v) is 4.03. The number of halogens is 3. The molecule has 0 aliphatic carbocycles. The van der Waals surface area contributed by atoms with Gasteiger partial charge in [-0.2, -0.15) is 0 Å². The van der Waals surface area contributed by atoms with Gasteiger partial charge in [0.1, 0.15) is 11.5 Å². The molecule has 3 aromatic rings. The van der Waals surface area contributed by atoms with Crippen LogP contribution in [0.2, 0.25) is 0 Å². The molecule has 2 N–H and O–H groups in total. The molecule has 0 radical (unpaired) electrons. The standard InChI is InChI=1S/C21H11ClF2O5/c22-8-9-1-2-11-10(3-9)20(27)29-21(11)12-4-14(23)16(25)6-18(12)28-19-7-17(26)15(24)5-13(19)21/h1-7,25-26H,8H2. The van der Waals surface area contributed by atoms with Crippen LogP contribution in [0.4, 0.5) is 8.78 Å². The molecule has 0 unspecified atom stereocenters. The maximum atomic E-state index is 14.3. The second-order valence-corrected chi connectivity index (χ2v) is 7.05. The Kier molecular flexibility index (Phi) is 3.58. The van der Waals surface area contributed by atoms with E-state index in [1.54, 1.807) is 18.2 Å². The van der Waals surface area contributed by atoms with Crippen LogP contribution in [0.25, 0.3) is 0 Å². The number of alkyl halides is 1. The average Bonchev–Trinajstić information content (AvgIpc) is 2.98. The van der Waals surface area contributed by atoms with Crippen LogP contribution < -0.4 is 4.74 Å². The molecular weight excluding hydrogens is 406 g/mol. The molecule has 2 aliphatic rings. The van der Waals surface area contributed by atoms with E-state index in [1.807, 2.05) is 0 Å². The van der Waals surface area contributed by atoms with Crippen molar-refractivity contribution in [1.29, 1.82) is 0 Å². The lowest BCUT2D eigenvalue weighted by molar-refractivity contribution is 0.0221. The van der Waals surface area contributed by atoms with Gasteiger partial charge in [-0.15, -0.1) is 11.6 Å². The third-order valence-electron chi connectivity index (χ3n) is 5.16. The van der Waals surface area contributed by atoms with Crippen LogP contribution in [0.15, 0.2) is 42.5 Å². The van der Waals surface area contributed by atoms with Crippen LogP contribution in [0.1, 0.15) is 32.6 Å². The molecule has 5 rings (SSSR count). The molecule has 29 heavy (non-hydrogen) atoms. The first kappa shape index (κ1) is 17.8. The summed E-state index contributed by atoms with van der Waals surface area (Å²) in [5.41, 5.74) is -0.349. The lowest BCUT2D eigenvalue weighted by Gasteiger charge is -2.36. The molecule has 0 saturated carbocycles. The summed E-state index contributed by atoms with van der Waals surface area (Å²) in [7, 11) is 0. The van der Waals surface area contributed by atoms with Crippen molar-refractivity contribution >= 4 is 17.6 Å². The van der Waals surface area contributed by atoms with Gasteiger partial charge in [-0.05, 0) is 23.8 Å². The van der Waals surface area contributed by atoms with Crippen molar-refractivity contribution in [2.45, 2.75) is 11.5 Å². The lowest BCUT2D eigenvalue weighted by atomic mass is 9.77. The Bertz CT molecular complexity index is 1170. The highest BCUT2D eigenvalue weighted by atomic mass is 35.5. The van der Waals surface area contributed by atoms with Gasteiger partial charge >= 0.3 is 5.97 Å². The summed E-state index contributed by atoms with van der Waals surface area (Å²) < 4.78 is 40.0. The topological polar surface area (TPSA) is 76.0 Å². The molecule has 2 aliphatic heterocycles. The van der Waals surface area contributed by atoms with Gasteiger partial charge in [-0.3, -0.25) is 0 Å². The van der Waals surface area contributed by atoms with Gasteiger partial charge in [-0.25, -0.2) is 13.6 Å². The van der Waals surface area contributed by atoms with E-state index in [1.165, 1.54) is 0 Å². The minimum Gasteiger partial charge on any atom is -0.505 e. The van der Waals surface area contributed by atoms with E-state index < -0.39 is 34.7 Å². The van der Waals surface area contributed by atoms with Gasteiger partial charge < -0.3 is 19.7 Å². The Morgan fingerprint density at radius 1 is 0.897 bits per heavy atom. The third kappa shape index (κ3) is 2.28. The number of carbonyl (C=O) groups is 1. The first-order chi connectivity index (χ1) is 13.8. The van der Waals surface area contributed by atoms with Crippen LogP contribution in [-0.2, 0) is 16.2 Å². The number of ether oxygens (including phenoxy) is 2. The van der Waals surface area contributed by atoms with Gasteiger partial charge in [0.05, 0.1) is 16.7 Å². The molecule has 0 saturated heterocycles. The number of carbonyl (C=O) groups excluding carboxylic acids is 1. The van der Waals surface area contributed by atoms with Gasteiger partial charge in [-0.1, -0.05) is 12.1 Å². The van der Waals surface area contributed by atoms with E-state index in [0.29, 0.717) is 11.1 Å². The van der Waals surface area contributed by atoms with E-state index in [4.69, 9.17) is 21.1 Å². The number of esters is 1. The highest BCUT2D eigenvalue weighted by Gasteiger charge is 2.54. The zero-order chi connectivity index (χ0) is 20.5. The number of hydrogen-bond donors (Lipinski definition) is 2. The number of phenols is 2. The molecule has 8 heteroatoms. The molecular formula is C21H11ClF2O5. The van der Waals surface area contributed by atoms with Crippen LogP contribution in [0.5, 0.6) is 23.0 Å². The van der Waals surface area contributed by atoms with Crippen LogP contribution in [0.3, 0.4) is 0 Å². The highest BCUT2D eigenvalue weighted by Crippen LogP contribution is 2.57. The monoisotopic (exact) mass is 416 g/mol. The lowest BCUT2D eigenvalue weighted by Crippen LogP contribution is -2.33. The predicted octanol–water partition coefficient (Wildman–Crippen LogP) is 4.68. The van der Waals surface area contributed by atoms with Crippen LogP contribution in [-0.4, -0.2) is 16.2 Å². The maximum absolute atomic E-state index is 14.3. The SMILES string of the molecule is O=C1OC2(c3cc(F)c(O)cc3Oc3cc(O)c(F)cc32)c2ccc(CCl)cc21. The first-order valence-corrected chi connectivity index (χ1v) is 9.05. The normalized spacial score (nSPS) is 15.3. The maximum Gasteiger partial charge on any atom is 0.340 e. The summed E-state index contributed by atoms with van der Waals surface area (Å²) in [4.78, 5) is 12.7.